The number of hydrogen-bond acceptors (Lipinski definition) is 10. The molecule has 1 aromatic carbocycles. The Morgan fingerprint density at radius 2 is 1.91 bits per heavy atom. The Morgan fingerprint density at radius 1 is 1.09 bits per heavy atom. The van der Waals surface area contributed by atoms with Crippen molar-refractivity contribution >= 4 is 11.9 Å². The van der Waals surface area contributed by atoms with Crippen molar-refractivity contribution in [2.75, 3.05) is 37.7 Å². The monoisotopic (exact) mass is 600 g/mol. The van der Waals surface area contributed by atoms with Crippen molar-refractivity contribution < 1.29 is 18.7 Å². The topological polar surface area (TPSA) is 118 Å². The van der Waals surface area contributed by atoms with E-state index in [4.69, 9.17) is 9.47 Å². The first kappa shape index (κ1) is 27.6. The molecule has 0 unspecified atom stereocenters. The molecule has 3 saturated heterocycles. The van der Waals surface area contributed by atoms with E-state index in [9.17, 15) is 9.18 Å². The minimum atomic E-state index is -0.350. The number of rotatable bonds is 8. The van der Waals surface area contributed by atoms with Crippen molar-refractivity contribution in [2.45, 2.75) is 63.5 Å². The van der Waals surface area contributed by atoms with Gasteiger partial charge in [0.25, 0.3) is 5.88 Å². The van der Waals surface area contributed by atoms with Gasteiger partial charge in [0.05, 0.1) is 17.9 Å². The first-order valence-electron chi connectivity index (χ1n) is 15.7. The Bertz CT molecular complexity index is 1590. The van der Waals surface area contributed by atoms with Gasteiger partial charge in [-0.2, -0.15) is 10.2 Å². The SMILES string of the molecule is CC(C)[C@@H](C1CC2(COC(=O)N2)C1)N1CC2(CCN(c3ncnnc3Oc3ccc(F)cc3-c3cnncc3C3CC3)C2)C1. The molecule has 3 aromatic rings. The summed E-state index contributed by atoms with van der Waals surface area (Å²) in [4.78, 5) is 21.2. The van der Waals surface area contributed by atoms with Crippen molar-refractivity contribution in [2.24, 2.45) is 17.3 Å². The van der Waals surface area contributed by atoms with Crippen LogP contribution in [0.1, 0.15) is 57.4 Å². The van der Waals surface area contributed by atoms with Gasteiger partial charge in [0.2, 0.25) is 0 Å². The number of ether oxygens (including phenoxy) is 2. The standard InChI is InChI=1S/C32H37FN8O3/c1-19(2)27(21-10-32(11-21)17-43-30(42)38-32)41-15-31(16-41)7-8-40(14-31)28-29(39-37-18-34-28)44-26-6-5-22(33)9-23(26)25-13-36-35-12-24(25)20-3-4-20/h5-6,9,12-13,18-21,27H,3-4,7-8,10-11,14-17H2,1-2H3,(H,38,42)/t21?,27-,32?/m0/s1. The molecule has 8 rings (SSSR count). The van der Waals surface area contributed by atoms with E-state index in [2.05, 4.69) is 54.3 Å². The second-order valence-electron chi connectivity index (χ2n) is 13.9. The summed E-state index contributed by atoms with van der Waals surface area (Å²) in [5.41, 5.74) is 2.53. The van der Waals surface area contributed by atoms with Crippen molar-refractivity contribution in [3.63, 3.8) is 0 Å². The highest BCUT2D eigenvalue weighted by Gasteiger charge is 2.57. The van der Waals surface area contributed by atoms with Crippen molar-refractivity contribution in [1.82, 2.24) is 35.6 Å². The number of cyclic esters (lactones) is 1. The van der Waals surface area contributed by atoms with E-state index >= 15 is 0 Å². The number of alkyl carbamates (subject to hydrolysis) is 1. The molecule has 230 valence electrons. The van der Waals surface area contributed by atoms with Crippen LogP contribution < -0.4 is 15.0 Å². The van der Waals surface area contributed by atoms with Crippen LogP contribution in [0.15, 0.2) is 36.9 Å². The van der Waals surface area contributed by atoms with Crippen LogP contribution in [-0.2, 0) is 4.74 Å². The highest BCUT2D eigenvalue weighted by molar-refractivity contribution is 5.74. The number of halogens is 1. The number of likely N-dealkylation sites (tertiary alicyclic amines) is 1. The predicted molar refractivity (Wildman–Crippen MR) is 159 cm³/mol. The second kappa shape index (κ2) is 10.3. The van der Waals surface area contributed by atoms with Gasteiger partial charge in [-0.1, -0.05) is 13.8 Å². The summed E-state index contributed by atoms with van der Waals surface area (Å²) in [5.74, 6) is 2.58. The fraction of sp³-hybridized carbons (Fsp3) is 0.562. The molecule has 1 amide bonds. The smallest absolute Gasteiger partial charge is 0.407 e. The van der Waals surface area contributed by atoms with Crippen LogP contribution in [0.5, 0.6) is 11.6 Å². The van der Waals surface area contributed by atoms with Crippen LogP contribution in [-0.4, -0.2) is 80.7 Å². The van der Waals surface area contributed by atoms with Crippen LogP contribution in [0.3, 0.4) is 0 Å². The van der Waals surface area contributed by atoms with Crippen LogP contribution in [0.2, 0.25) is 0 Å². The summed E-state index contributed by atoms with van der Waals surface area (Å²) in [5, 5.41) is 19.6. The number of aromatic nitrogens is 5. The maximum Gasteiger partial charge on any atom is 0.407 e. The average Bonchev–Trinajstić information content (AvgIpc) is 3.61. The number of benzene rings is 1. The first-order chi connectivity index (χ1) is 21.3. The molecule has 2 aliphatic carbocycles. The van der Waals surface area contributed by atoms with Crippen LogP contribution in [0, 0.1) is 23.1 Å². The summed E-state index contributed by atoms with van der Waals surface area (Å²) < 4.78 is 26.1. The highest BCUT2D eigenvalue weighted by Crippen LogP contribution is 2.51. The summed E-state index contributed by atoms with van der Waals surface area (Å²) >= 11 is 0. The van der Waals surface area contributed by atoms with Crippen molar-refractivity contribution in [1.29, 1.82) is 0 Å². The lowest BCUT2D eigenvalue weighted by Crippen LogP contribution is -2.67. The largest absolute Gasteiger partial charge is 0.447 e. The molecule has 11 nitrogen and oxygen atoms in total. The molecule has 1 atom stereocenters. The summed E-state index contributed by atoms with van der Waals surface area (Å²) in [6.07, 6.45) is 9.82. The third-order valence-electron chi connectivity index (χ3n) is 10.3. The van der Waals surface area contributed by atoms with E-state index in [1.54, 1.807) is 18.5 Å². The molecule has 2 spiro atoms. The second-order valence-corrected chi connectivity index (χ2v) is 13.9. The molecule has 5 heterocycles. The quantitative estimate of drug-likeness (QED) is 0.394. The lowest BCUT2D eigenvalue weighted by Gasteiger charge is -2.58. The van der Waals surface area contributed by atoms with Gasteiger partial charge >= 0.3 is 6.09 Å². The Hall–Kier alpha value is -3.93. The molecular formula is C32H37FN8O3. The molecule has 5 aliphatic rings. The highest BCUT2D eigenvalue weighted by atomic mass is 19.1. The number of nitrogens with one attached hydrogen (secondary N) is 1. The third kappa shape index (κ3) is 4.83. The number of anilines is 1. The van der Waals surface area contributed by atoms with Crippen LogP contribution in [0.4, 0.5) is 15.0 Å². The van der Waals surface area contributed by atoms with Gasteiger partial charge in [-0.25, -0.2) is 14.2 Å². The summed E-state index contributed by atoms with van der Waals surface area (Å²) in [6.45, 7) is 8.88. The fourth-order valence-electron chi connectivity index (χ4n) is 8.28. The zero-order valence-electron chi connectivity index (χ0n) is 25.1. The van der Waals surface area contributed by atoms with Crippen molar-refractivity contribution in [3.8, 4) is 22.8 Å². The maximum atomic E-state index is 14.5. The predicted octanol–water partition coefficient (Wildman–Crippen LogP) is 4.56. The number of carbonyl (C=O) groups excluding carboxylic acids is 1. The zero-order valence-corrected chi connectivity index (χ0v) is 25.1. The van der Waals surface area contributed by atoms with Gasteiger partial charge in [0.15, 0.2) is 5.82 Å². The molecule has 2 aromatic heterocycles. The van der Waals surface area contributed by atoms with E-state index in [1.165, 1.54) is 18.5 Å². The zero-order chi connectivity index (χ0) is 30.1. The third-order valence-corrected chi connectivity index (χ3v) is 10.3. The van der Waals surface area contributed by atoms with Gasteiger partial charge < -0.3 is 19.7 Å². The average molecular weight is 601 g/mol. The number of hydrogen-bond donors (Lipinski definition) is 1. The molecule has 0 radical (unpaired) electrons. The van der Waals surface area contributed by atoms with E-state index in [0.717, 1.165) is 69.4 Å². The van der Waals surface area contributed by atoms with Gasteiger partial charge in [0.1, 0.15) is 24.5 Å². The molecule has 5 fully saturated rings. The minimum Gasteiger partial charge on any atom is -0.447 e. The van der Waals surface area contributed by atoms with E-state index in [1.807, 2.05) is 0 Å². The van der Waals surface area contributed by atoms with Gasteiger partial charge in [-0.3, -0.25) is 4.90 Å². The molecule has 12 heteroatoms. The maximum absolute atomic E-state index is 14.5. The number of nitrogens with zero attached hydrogens (tertiary/aromatic N) is 7. The molecule has 2 saturated carbocycles. The fourth-order valence-corrected chi connectivity index (χ4v) is 8.28. The summed E-state index contributed by atoms with van der Waals surface area (Å²) in [6, 6.07) is 5.00. The molecule has 0 bridgehead atoms. The Morgan fingerprint density at radius 3 is 2.66 bits per heavy atom. The van der Waals surface area contributed by atoms with E-state index < -0.39 is 0 Å². The number of amides is 1. The Balaban J connectivity index is 0.978. The van der Waals surface area contributed by atoms with Gasteiger partial charge in [0, 0.05) is 48.8 Å². The van der Waals surface area contributed by atoms with Crippen molar-refractivity contribution in [3.05, 3.63) is 48.3 Å². The van der Waals surface area contributed by atoms with Crippen LogP contribution >= 0.6 is 0 Å². The lowest BCUT2D eigenvalue weighted by molar-refractivity contribution is -0.0810. The van der Waals surface area contributed by atoms with E-state index in [0.29, 0.717) is 53.4 Å². The normalized spacial score (nSPS) is 26.4. The molecule has 3 aliphatic heterocycles. The Labute approximate surface area is 255 Å². The number of carbonyl (C=O) groups is 1. The molecular weight excluding hydrogens is 563 g/mol. The van der Waals surface area contributed by atoms with Gasteiger partial charge in [-0.05, 0) is 73.6 Å². The summed E-state index contributed by atoms with van der Waals surface area (Å²) in [7, 11) is 0. The molecule has 1 N–H and O–H groups in total. The minimum absolute atomic E-state index is 0.157. The van der Waals surface area contributed by atoms with Crippen LogP contribution in [0.25, 0.3) is 11.1 Å². The van der Waals surface area contributed by atoms with E-state index in [-0.39, 0.29) is 22.9 Å². The Kier molecular flexibility index (Phi) is 6.48. The first-order valence-corrected chi connectivity index (χ1v) is 15.7. The van der Waals surface area contributed by atoms with Gasteiger partial charge in [-0.15, -0.1) is 10.2 Å². The molecule has 44 heavy (non-hydrogen) atoms. The lowest BCUT2D eigenvalue weighted by atomic mass is 9.62.